The maximum absolute atomic E-state index is 5.45. The van der Waals surface area contributed by atoms with Gasteiger partial charge in [-0.2, -0.15) is 0 Å². The first-order valence-corrected chi connectivity index (χ1v) is 8.91. The maximum atomic E-state index is 5.45. The van der Waals surface area contributed by atoms with Crippen LogP contribution < -0.4 is 4.74 Å². The summed E-state index contributed by atoms with van der Waals surface area (Å²) in [6.45, 7) is 2.91. The van der Waals surface area contributed by atoms with E-state index in [0.29, 0.717) is 0 Å². The third kappa shape index (κ3) is 3.59. The third-order valence-electron chi connectivity index (χ3n) is 3.70. The van der Waals surface area contributed by atoms with Gasteiger partial charge in [0.2, 0.25) is 0 Å². The van der Waals surface area contributed by atoms with E-state index in [-0.39, 0.29) is 0 Å². The molecule has 24 heavy (non-hydrogen) atoms. The van der Waals surface area contributed by atoms with E-state index in [1.54, 1.807) is 18.9 Å². The second kappa shape index (κ2) is 7.97. The molecule has 6 heteroatoms. The average molecular weight is 340 g/mol. The Kier molecular flexibility index (Phi) is 5.48. The minimum atomic E-state index is 0.810. The van der Waals surface area contributed by atoms with Gasteiger partial charge in [-0.3, -0.25) is 4.98 Å². The van der Waals surface area contributed by atoms with Crippen molar-refractivity contribution in [3.05, 3.63) is 54.4 Å². The van der Waals surface area contributed by atoms with Crippen molar-refractivity contribution in [2.75, 3.05) is 12.9 Å². The van der Waals surface area contributed by atoms with Crippen LogP contribution in [0.3, 0.4) is 0 Å². The quantitative estimate of drug-likeness (QED) is 0.614. The van der Waals surface area contributed by atoms with Crippen LogP contribution in [0, 0.1) is 0 Å². The van der Waals surface area contributed by atoms with Gasteiger partial charge in [0.15, 0.2) is 11.0 Å². The van der Waals surface area contributed by atoms with Crippen LogP contribution in [0.15, 0.2) is 53.8 Å². The minimum absolute atomic E-state index is 0.810. The van der Waals surface area contributed by atoms with Gasteiger partial charge in [0, 0.05) is 24.2 Å². The minimum Gasteiger partial charge on any atom is -0.496 e. The highest BCUT2D eigenvalue weighted by Crippen LogP contribution is 2.30. The van der Waals surface area contributed by atoms with Crippen LogP contribution in [0.5, 0.6) is 5.75 Å². The van der Waals surface area contributed by atoms with Gasteiger partial charge >= 0.3 is 0 Å². The van der Waals surface area contributed by atoms with Crippen molar-refractivity contribution in [3.63, 3.8) is 0 Å². The molecule has 2 heterocycles. The first-order valence-electron chi connectivity index (χ1n) is 7.92. The molecule has 0 N–H and O–H groups in total. The zero-order chi connectivity index (χ0) is 16.8. The number of para-hydroxylation sites is 1. The fraction of sp³-hybridized carbons (Fsp3) is 0.278. The van der Waals surface area contributed by atoms with E-state index < -0.39 is 0 Å². The molecule has 0 saturated heterocycles. The lowest BCUT2D eigenvalue weighted by atomic mass is 10.2. The Hall–Kier alpha value is -2.34. The second-order valence-corrected chi connectivity index (χ2v) is 6.23. The summed E-state index contributed by atoms with van der Waals surface area (Å²) in [6.07, 6.45) is 2.74. The number of nitrogens with zero attached hydrogens (tertiary/aromatic N) is 4. The topological polar surface area (TPSA) is 52.8 Å². The van der Waals surface area contributed by atoms with Crippen LogP contribution in [0.4, 0.5) is 0 Å². The predicted molar refractivity (Wildman–Crippen MR) is 96.3 cm³/mol. The molecule has 0 unspecified atom stereocenters. The van der Waals surface area contributed by atoms with E-state index in [4.69, 9.17) is 4.74 Å². The number of aromatic nitrogens is 4. The standard InChI is InChI=1S/C18H20N4OS/c1-3-22-17(15-9-4-5-10-16(15)23-2)20-21-18(22)24-13-11-14-8-6-7-12-19-14/h4-10,12H,3,11,13H2,1-2H3. The summed E-state index contributed by atoms with van der Waals surface area (Å²) in [5.41, 5.74) is 2.06. The van der Waals surface area contributed by atoms with E-state index in [9.17, 15) is 0 Å². The lowest BCUT2D eigenvalue weighted by Gasteiger charge is -2.10. The molecular weight excluding hydrogens is 320 g/mol. The third-order valence-corrected chi connectivity index (χ3v) is 4.66. The molecule has 0 bridgehead atoms. The van der Waals surface area contributed by atoms with Crippen LogP contribution in [0.1, 0.15) is 12.6 Å². The molecule has 124 valence electrons. The van der Waals surface area contributed by atoms with Gasteiger partial charge in [-0.25, -0.2) is 0 Å². The van der Waals surface area contributed by atoms with Crippen molar-refractivity contribution in [2.24, 2.45) is 0 Å². The normalized spacial score (nSPS) is 10.8. The van der Waals surface area contributed by atoms with E-state index >= 15 is 0 Å². The summed E-state index contributed by atoms with van der Waals surface area (Å²) in [5.74, 6) is 2.57. The fourth-order valence-electron chi connectivity index (χ4n) is 2.50. The number of benzene rings is 1. The summed E-state index contributed by atoms with van der Waals surface area (Å²) in [4.78, 5) is 4.36. The van der Waals surface area contributed by atoms with Gasteiger partial charge in [0.05, 0.1) is 12.7 Å². The molecule has 1 aromatic carbocycles. The number of hydrogen-bond donors (Lipinski definition) is 0. The number of thioether (sulfide) groups is 1. The van der Waals surface area contributed by atoms with Gasteiger partial charge in [-0.1, -0.05) is 30.0 Å². The summed E-state index contributed by atoms with van der Waals surface area (Å²) in [7, 11) is 1.67. The number of ether oxygens (including phenoxy) is 1. The lowest BCUT2D eigenvalue weighted by molar-refractivity contribution is 0.416. The maximum Gasteiger partial charge on any atom is 0.191 e. The first-order chi connectivity index (χ1) is 11.8. The first kappa shape index (κ1) is 16.5. The SMILES string of the molecule is CCn1c(SCCc2ccccn2)nnc1-c1ccccc1OC. The molecule has 0 aliphatic rings. The van der Waals surface area contributed by atoms with E-state index in [1.165, 1.54) is 0 Å². The van der Waals surface area contributed by atoms with Crippen molar-refractivity contribution < 1.29 is 4.74 Å². The molecule has 3 aromatic rings. The number of hydrogen-bond acceptors (Lipinski definition) is 5. The Morgan fingerprint density at radius 3 is 2.67 bits per heavy atom. The Balaban J connectivity index is 1.77. The van der Waals surface area contributed by atoms with Crippen molar-refractivity contribution >= 4 is 11.8 Å². The Bertz CT molecular complexity index is 789. The van der Waals surface area contributed by atoms with Crippen LogP contribution in [0.25, 0.3) is 11.4 Å². The van der Waals surface area contributed by atoms with Crippen molar-refractivity contribution in [3.8, 4) is 17.1 Å². The zero-order valence-corrected chi connectivity index (χ0v) is 14.7. The van der Waals surface area contributed by atoms with Gasteiger partial charge in [-0.05, 0) is 37.6 Å². The Labute approximate surface area is 146 Å². The van der Waals surface area contributed by atoms with Crippen LogP contribution in [-0.2, 0) is 13.0 Å². The number of pyridine rings is 1. The predicted octanol–water partition coefficient (Wildman–Crippen LogP) is 3.70. The van der Waals surface area contributed by atoms with E-state index in [1.807, 2.05) is 48.7 Å². The second-order valence-electron chi connectivity index (χ2n) is 5.17. The fourth-order valence-corrected chi connectivity index (χ4v) is 3.47. The number of rotatable bonds is 7. The highest BCUT2D eigenvalue weighted by molar-refractivity contribution is 7.99. The molecule has 0 fully saturated rings. The smallest absolute Gasteiger partial charge is 0.191 e. The van der Waals surface area contributed by atoms with Crippen molar-refractivity contribution in [2.45, 2.75) is 25.0 Å². The Morgan fingerprint density at radius 1 is 1.08 bits per heavy atom. The summed E-state index contributed by atoms with van der Waals surface area (Å²) < 4.78 is 7.58. The molecule has 0 saturated carbocycles. The molecular formula is C18H20N4OS. The van der Waals surface area contributed by atoms with Gasteiger partial charge in [0.25, 0.3) is 0 Å². The highest BCUT2D eigenvalue weighted by atomic mass is 32.2. The monoisotopic (exact) mass is 340 g/mol. The summed E-state index contributed by atoms with van der Waals surface area (Å²) >= 11 is 1.70. The molecule has 0 aliphatic heterocycles. The molecule has 0 aliphatic carbocycles. The Morgan fingerprint density at radius 2 is 1.92 bits per heavy atom. The van der Waals surface area contributed by atoms with E-state index in [2.05, 4.69) is 26.7 Å². The lowest BCUT2D eigenvalue weighted by Crippen LogP contribution is -2.02. The molecule has 2 aromatic heterocycles. The number of methoxy groups -OCH3 is 1. The van der Waals surface area contributed by atoms with Gasteiger partial charge in [-0.15, -0.1) is 10.2 Å². The van der Waals surface area contributed by atoms with Gasteiger partial charge in [0.1, 0.15) is 5.75 Å². The van der Waals surface area contributed by atoms with Crippen LogP contribution in [-0.4, -0.2) is 32.6 Å². The molecule has 3 rings (SSSR count). The van der Waals surface area contributed by atoms with Crippen LogP contribution >= 0.6 is 11.8 Å². The van der Waals surface area contributed by atoms with Gasteiger partial charge < -0.3 is 9.30 Å². The molecule has 0 atom stereocenters. The number of aryl methyl sites for hydroxylation is 1. The van der Waals surface area contributed by atoms with E-state index in [0.717, 1.165) is 46.7 Å². The van der Waals surface area contributed by atoms with Crippen molar-refractivity contribution in [1.82, 2.24) is 19.7 Å². The largest absolute Gasteiger partial charge is 0.496 e. The van der Waals surface area contributed by atoms with Crippen molar-refractivity contribution in [1.29, 1.82) is 0 Å². The summed E-state index contributed by atoms with van der Waals surface area (Å²) in [6, 6.07) is 13.9. The molecule has 0 spiro atoms. The highest BCUT2D eigenvalue weighted by Gasteiger charge is 2.16. The molecule has 5 nitrogen and oxygen atoms in total. The molecule has 0 amide bonds. The average Bonchev–Trinajstić information content (AvgIpc) is 3.05. The summed E-state index contributed by atoms with van der Waals surface area (Å²) in [5, 5.41) is 9.68. The van der Waals surface area contributed by atoms with Crippen LogP contribution in [0.2, 0.25) is 0 Å². The molecule has 0 radical (unpaired) electrons. The zero-order valence-electron chi connectivity index (χ0n) is 13.8.